The van der Waals surface area contributed by atoms with Crippen LogP contribution >= 0.6 is 0 Å². The van der Waals surface area contributed by atoms with E-state index in [-0.39, 0.29) is 17.7 Å². The van der Waals surface area contributed by atoms with Crippen LogP contribution in [0.5, 0.6) is 0 Å². The van der Waals surface area contributed by atoms with E-state index >= 15 is 0 Å². The minimum absolute atomic E-state index is 0.0307. The molecule has 0 radical (unpaired) electrons. The van der Waals surface area contributed by atoms with Crippen molar-refractivity contribution in [2.45, 2.75) is 20.4 Å². The lowest BCUT2D eigenvalue weighted by atomic mass is 10.1. The smallest absolute Gasteiger partial charge is 0.254 e. The first kappa shape index (κ1) is 14.9. The maximum Gasteiger partial charge on any atom is 0.254 e. The van der Waals surface area contributed by atoms with Gasteiger partial charge in [0.25, 0.3) is 11.5 Å². The van der Waals surface area contributed by atoms with E-state index in [0.717, 1.165) is 23.4 Å². The Bertz CT molecular complexity index is 754. The molecule has 1 amide bonds. The lowest BCUT2D eigenvalue weighted by Gasteiger charge is -2.08. The fourth-order valence-corrected chi connectivity index (χ4v) is 2.04. The van der Waals surface area contributed by atoms with Crippen LogP contribution in [0, 0.1) is 25.5 Å². The third-order valence-electron chi connectivity index (χ3n) is 3.10. The number of benzene rings is 1. The first-order valence-corrected chi connectivity index (χ1v) is 6.31. The van der Waals surface area contributed by atoms with E-state index in [2.05, 4.69) is 10.3 Å². The normalized spacial score (nSPS) is 10.5. The average Bonchev–Trinajstić information content (AvgIpc) is 2.36. The molecule has 21 heavy (non-hydrogen) atoms. The molecule has 0 bridgehead atoms. The fraction of sp³-hybridized carbons (Fsp3) is 0.200. The molecule has 0 atom stereocenters. The second kappa shape index (κ2) is 5.87. The highest BCUT2D eigenvalue weighted by atomic mass is 19.1. The Morgan fingerprint density at radius 1 is 1.24 bits per heavy atom. The molecule has 0 aliphatic carbocycles. The van der Waals surface area contributed by atoms with Gasteiger partial charge in [-0.05, 0) is 37.6 Å². The second-order valence-corrected chi connectivity index (χ2v) is 4.75. The number of amides is 1. The van der Waals surface area contributed by atoms with E-state index in [9.17, 15) is 18.4 Å². The van der Waals surface area contributed by atoms with E-state index in [1.807, 2.05) is 0 Å². The quantitative estimate of drug-likeness (QED) is 0.911. The van der Waals surface area contributed by atoms with Crippen LogP contribution in [0.3, 0.4) is 0 Å². The van der Waals surface area contributed by atoms with Gasteiger partial charge in [0.05, 0.1) is 5.56 Å². The molecule has 2 N–H and O–H groups in total. The van der Waals surface area contributed by atoms with Crippen molar-refractivity contribution in [2.75, 3.05) is 0 Å². The molecule has 1 heterocycles. The second-order valence-electron chi connectivity index (χ2n) is 4.75. The van der Waals surface area contributed by atoms with Gasteiger partial charge < -0.3 is 10.3 Å². The monoisotopic (exact) mass is 292 g/mol. The molecule has 0 spiro atoms. The Morgan fingerprint density at radius 3 is 2.57 bits per heavy atom. The van der Waals surface area contributed by atoms with Gasteiger partial charge in [0.15, 0.2) is 0 Å². The summed E-state index contributed by atoms with van der Waals surface area (Å²) in [4.78, 5) is 26.3. The highest BCUT2D eigenvalue weighted by Crippen LogP contribution is 2.10. The maximum atomic E-state index is 13.5. The van der Waals surface area contributed by atoms with E-state index < -0.39 is 17.5 Å². The molecular formula is C15H14F2N2O2. The van der Waals surface area contributed by atoms with Crippen LogP contribution in [0.15, 0.2) is 29.1 Å². The van der Waals surface area contributed by atoms with Gasteiger partial charge in [-0.3, -0.25) is 9.59 Å². The fourth-order valence-electron chi connectivity index (χ4n) is 2.04. The summed E-state index contributed by atoms with van der Waals surface area (Å²) in [5, 5.41) is 2.46. The largest absolute Gasteiger partial charge is 0.348 e. The topological polar surface area (TPSA) is 62.0 Å². The summed E-state index contributed by atoms with van der Waals surface area (Å²) in [6.45, 7) is 3.48. The number of aryl methyl sites for hydroxylation is 2. The first-order chi connectivity index (χ1) is 9.88. The van der Waals surface area contributed by atoms with Crippen LogP contribution in [-0.4, -0.2) is 10.9 Å². The van der Waals surface area contributed by atoms with E-state index in [1.165, 1.54) is 0 Å². The molecule has 0 aliphatic heterocycles. The van der Waals surface area contributed by atoms with Gasteiger partial charge >= 0.3 is 0 Å². The van der Waals surface area contributed by atoms with Gasteiger partial charge in [0, 0.05) is 23.9 Å². The molecule has 0 saturated carbocycles. The van der Waals surface area contributed by atoms with Crippen molar-refractivity contribution in [2.24, 2.45) is 0 Å². The first-order valence-electron chi connectivity index (χ1n) is 6.31. The number of halogens is 2. The Balaban J connectivity index is 2.17. The lowest BCUT2D eigenvalue weighted by molar-refractivity contribution is 0.0946. The van der Waals surface area contributed by atoms with Gasteiger partial charge in [-0.25, -0.2) is 8.78 Å². The SMILES string of the molecule is Cc1cc(C)c(CNC(=O)c2ccc(F)cc2F)c(=O)[nH]1. The summed E-state index contributed by atoms with van der Waals surface area (Å²) in [6.07, 6.45) is 0. The summed E-state index contributed by atoms with van der Waals surface area (Å²) in [5.74, 6) is -2.40. The van der Waals surface area contributed by atoms with Crippen LogP contribution < -0.4 is 10.9 Å². The van der Waals surface area contributed by atoms with Crippen LogP contribution in [-0.2, 0) is 6.54 Å². The summed E-state index contributed by atoms with van der Waals surface area (Å²) >= 11 is 0. The van der Waals surface area contributed by atoms with E-state index in [4.69, 9.17) is 0 Å². The molecular weight excluding hydrogens is 278 g/mol. The molecule has 4 nitrogen and oxygen atoms in total. The molecule has 0 fully saturated rings. The number of hydrogen-bond acceptors (Lipinski definition) is 2. The maximum absolute atomic E-state index is 13.5. The third-order valence-corrected chi connectivity index (χ3v) is 3.10. The predicted octanol–water partition coefficient (Wildman–Crippen LogP) is 2.20. The number of carbonyl (C=O) groups excluding carboxylic acids is 1. The number of pyridine rings is 1. The van der Waals surface area contributed by atoms with Crippen molar-refractivity contribution in [3.05, 3.63) is 68.6 Å². The summed E-state index contributed by atoms with van der Waals surface area (Å²) < 4.78 is 26.3. The summed E-state index contributed by atoms with van der Waals surface area (Å²) in [5.41, 5.74) is 1.29. The van der Waals surface area contributed by atoms with Gasteiger partial charge in [-0.1, -0.05) is 0 Å². The van der Waals surface area contributed by atoms with Crippen molar-refractivity contribution >= 4 is 5.91 Å². The van der Waals surface area contributed by atoms with E-state index in [0.29, 0.717) is 11.6 Å². The molecule has 0 saturated heterocycles. The van der Waals surface area contributed by atoms with Crippen molar-refractivity contribution in [3.8, 4) is 0 Å². The van der Waals surface area contributed by atoms with Gasteiger partial charge in [-0.2, -0.15) is 0 Å². The molecule has 2 aromatic rings. The van der Waals surface area contributed by atoms with Crippen molar-refractivity contribution < 1.29 is 13.6 Å². The number of aromatic amines is 1. The minimum atomic E-state index is -0.943. The summed E-state index contributed by atoms with van der Waals surface area (Å²) in [7, 11) is 0. The Morgan fingerprint density at radius 2 is 1.95 bits per heavy atom. The minimum Gasteiger partial charge on any atom is -0.348 e. The van der Waals surface area contributed by atoms with Crippen molar-refractivity contribution in [1.82, 2.24) is 10.3 Å². The summed E-state index contributed by atoms with van der Waals surface area (Å²) in [6, 6.07) is 4.48. The molecule has 0 unspecified atom stereocenters. The van der Waals surface area contributed by atoms with Crippen LogP contribution in [0.25, 0.3) is 0 Å². The van der Waals surface area contributed by atoms with Crippen molar-refractivity contribution in [3.63, 3.8) is 0 Å². The Kier molecular flexibility index (Phi) is 4.16. The number of H-pyrrole nitrogens is 1. The van der Waals surface area contributed by atoms with Crippen molar-refractivity contribution in [1.29, 1.82) is 0 Å². The Hall–Kier alpha value is -2.50. The molecule has 2 rings (SSSR count). The highest BCUT2D eigenvalue weighted by Gasteiger charge is 2.13. The number of rotatable bonds is 3. The lowest BCUT2D eigenvalue weighted by Crippen LogP contribution is -2.28. The van der Waals surface area contributed by atoms with Crippen LogP contribution in [0.1, 0.15) is 27.2 Å². The highest BCUT2D eigenvalue weighted by molar-refractivity contribution is 5.94. The Labute approximate surface area is 119 Å². The molecule has 1 aromatic carbocycles. The molecule has 6 heteroatoms. The standard InChI is InChI=1S/C15H14F2N2O2/c1-8-5-9(2)19-15(21)12(8)7-18-14(20)11-4-3-10(16)6-13(11)17/h3-6H,7H2,1-2H3,(H,18,20)(H,19,21). The van der Waals surface area contributed by atoms with Crippen LogP contribution in [0.2, 0.25) is 0 Å². The average molecular weight is 292 g/mol. The zero-order valence-electron chi connectivity index (χ0n) is 11.6. The van der Waals surface area contributed by atoms with Gasteiger partial charge in [0.2, 0.25) is 0 Å². The third kappa shape index (κ3) is 3.34. The predicted molar refractivity (Wildman–Crippen MR) is 74.1 cm³/mol. The zero-order chi connectivity index (χ0) is 15.6. The molecule has 0 aliphatic rings. The number of aromatic nitrogens is 1. The molecule has 110 valence electrons. The number of hydrogen-bond donors (Lipinski definition) is 2. The van der Waals surface area contributed by atoms with Gasteiger partial charge in [0.1, 0.15) is 11.6 Å². The molecule has 1 aromatic heterocycles. The van der Waals surface area contributed by atoms with Gasteiger partial charge in [-0.15, -0.1) is 0 Å². The number of carbonyl (C=O) groups is 1. The van der Waals surface area contributed by atoms with Crippen LogP contribution in [0.4, 0.5) is 8.78 Å². The number of nitrogens with one attached hydrogen (secondary N) is 2. The zero-order valence-corrected chi connectivity index (χ0v) is 11.6. The van der Waals surface area contributed by atoms with E-state index in [1.54, 1.807) is 19.9 Å².